The summed E-state index contributed by atoms with van der Waals surface area (Å²) in [6, 6.07) is 5.85. The van der Waals surface area contributed by atoms with E-state index in [9.17, 15) is 9.90 Å². The number of hydrogen-bond acceptors (Lipinski definition) is 4. The van der Waals surface area contributed by atoms with E-state index in [0.29, 0.717) is 0 Å². The summed E-state index contributed by atoms with van der Waals surface area (Å²) >= 11 is 0. The summed E-state index contributed by atoms with van der Waals surface area (Å²) in [6.07, 6.45) is 0.338. The van der Waals surface area contributed by atoms with Crippen molar-refractivity contribution in [3.63, 3.8) is 0 Å². The third-order valence-corrected chi connectivity index (χ3v) is 3.86. The number of rotatable bonds is 7. The van der Waals surface area contributed by atoms with Crippen LogP contribution in [-0.2, 0) is 9.53 Å². The van der Waals surface area contributed by atoms with Gasteiger partial charge in [0, 0.05) is 12.1 Å². The molecule has 2 N–H and O–H groups in total. The molecule has 21 heavy (non-hydrogen) atoms. The fraction of sp³-hybridized carbons (Fsp3) is 0.588. The van der Waals surface area contributed by atoms with Crippen molar-refractivity contribution in [2.24, 2.45) is 0 Å². The van der Waals surface area contributed by atoms with Gasteiger partial charge in [-0.2, -0.15) is 0 Å². The second-order valence-electron chi connectivity index (χ2n) is 5.67. The molecule has 1 rings (SSSR count). The fourth-order valence-corrected chi connectivity index (χ4v) is 2.30. The predicted octanol–water partition coefficient (Wildman–Crippen LogP) is 2.66. The number of nitrogens with one attached hydrogen (secondary N) is 1. The summed E-state index contributed by atoms with van der Waals surface area (Å²) in [5.74, 6) is -0.319. The topological polar surface area (TPSA) is 58.6 Å². The molecule has 4 heteroatoms. The monoisotopic (exact) mass is 293 g/mol. The van der Waals surface area contributed by atoms with Gasteiger partial charge in [0.05, 0.1) is 19.6 Å². The highest BCUT2D eigenvalue weighted by Gasteiger charge is 2.26. The lowest BCUT2D eigenvalue weighted by Gasteiger charge is -2.28. The molecule has 3 unspecified atom stereocenters. The molecule has 1 aromatic rings. The van der Waals surface area contributed by atoms with Gasteiger partial charge in [-0.05, 0) is 38.3 Å². The summed E-state index contributed by atoms with van der Waals surface area (Å²) in [7, 11) is 1.37. The molecule has 0 spiro atoms. The minimum Gasteiger partial charge on any atom is -0.469 e. The largest absolute Gasteiger partial charge is 0.469 e. The van der Waals surface area contributed by atoms with Crippen LogP contribution in [0.2, 0.25) is 0 Å². The first-order chi connectivity index (χ1) is 9.88. The number of methoxy groups -OCH3 is 1. The molecule has 0 aliphatic rings. The van der Waals surface area contributed by atoms with E-state index in [-0.39, 0.29) is 24.5 Å². The molecule has 0 fully saturated rings. The second-order valence-corrected chi connectivity index (χ2v) is 5.67. The van der Waals surface area contributed by atoms with E-state index in [4.69, 9.17) is 4.74 Å². The second kappa shape index (κ2) is 8.15. The molecule has 0 aliphatic carbocycles. The number of ether oxygens (including phenoxy) is 1. The van der Waals surface area contributed by atoms with Crippen molar-refractivity contribution in [2.45, 2.75) is 58.7 Å². The minimum atomic E-state index is -0.738. The Morgan fingerprint density at radius 3 is 2.62 bits per heavy atom. The van der Waals surface area contributed by atoms with Gasteiger partial charge in [0.2, 0.25) is 0 Å². The Kier molecular flexibility index (Phi) is 6.85. The van der Waals surface area contributed by atoms with Crippen LogP contribution in [0.4, 0.5) is 0 Å². The number of benzene rings is 1. The Hall–Kier alpha value is -1.39. The third-order valence-electron chi connectivity index (χ3n) is 3.86. The molecular formula is C17H27NO3. The number of aliphatic hydroxyl groups is 1. The normalized spacial score (nSPS) is 15.3. The predicted molar refractivity (Wildman–Crippen MR) is 84.2 cm³/mol. The molecule has 3 atom stereocenters. The Bertz CT molecular complexity index is 473. The molecule has 0 saturated heterocycles. The van der Waals surface area contributed by atoms with Gasteiger partial charge in [-0.25, -0.2) is 0 Å². The number of aliphatic hydroxyl groups excluding tert-OH is 1. The Morgan fingerprint density at radius 2 is 2.05 bits per heavy atom. The molecule has 0 radical (unpaired) electrons. The molecule has 1 aromatic carbocycles. The van der Waals surface area contributed by atoms with Crippen LogP contribution in [0.5, 0.6) is 0 Å². The molecule has 0 aliphatic heterocycles. The number of esters is 1. The average molecular weight is 293 g/mol. The highest BCUT2D eigenvalue weighted by Crippen LogP contribution is 2.24. The lowest BCUT2D eigenvalue weighted by Crippen LogP contribution is -2.42. The van der Waals surface area contributed by atoms with Crippen LogP contribution in [0.25, 0.3) is 0 Å². The van der Waals surface area contributed by atoms with Crippen molar-refractivity contribution in [2.75, 3.05) is 7.11 Å². The maximum atomic E-state index is 11.6. The van der Waals surface area contributed by atoms with E-state index in [2.05, 4.69) is 12.2 Å². The smallest absolute Gasteiger partial charge is 0.307 e. The maximum absolute atomic E-state index is 11.6. The highest BCUT2D eigenvalue weighted by molar-refractivity contribution is 5.70. The van der Waals surface area contributed by atoms with Crippen molar-refractivity contribution in [3.05, 3.63) is 34.9 Å². The number of carbonyl (C=O) groups is 1. The number of carbonyl (C=O) groups excluding carboxylic acids is 1. The molecule has 0 bridgehead atoms. The Morgan fingerprint density at radius 1 is 1.38 bits per heavy atom. The van der Waals surface area contributed by atoms with Crippen LogP contribution in [0.1, 0.15) is 49.5 Å². The highest BCUT2D eigenvalue weighted by atomic mass is 16.5. The first kappa shape index (κ1) is 17.7. The standard InChI is InChI=1S/C17H27NO3/c1-6-13(4)18-15(10-16(19)21-5)17(20)14-9-11(2)7-8-12(14)3/h7-9,13,15,17-18,20H,6,10H2,1-5H3. The molecular weight excluding hydrogens is 266 g/mol. The SMILES string of the molecule is CCC(C)NC(CC(=O)OC)C(O)c1cc(C)ccc1C. The van der Waals surface area contributed by atoms with Crippen molar-refractivity contribution < 1.29 is 14.6 Å². The summed E-state index contributed by atoms with van der Waals surface area (Å²) in [4.78, 5) is 11.6. The van der Waals surface area contributed by atoms with Crippen LogP contribution in [0, 0.1) is 13.8 Å². The van der Waals surface area contributed by atoms with Gasteiger partial charge >= 0.3 is 5.97 Å². The van der Waals surface area contributed by atoms with Crippen molar-refractivity contribution in [1.29, 1.82) is 0 Å². The zero-order valence-corrected chi connectivity index (χ0v) is 13.6. The van der Waals surface area contributed by atoms with Gasteiger partial charge in [-0.3, -0.25) is 4.79 Å². The van der Waals surface area contributed by atoms with E-state index in [1.807, 2.05) is 39.0 Å². The third kappa shape index (κ3) is 5.14. The average Bonchev–Trinajstić information content (AvgIpc) is 2.47. The molecule has 118 valence electrons. The van der Waals surface area contributed by atoms with E-state index in [1.54, 1.807) is 0 Å². The van der Waals surface area contributed by atoms with Crippen molar-refractivity contribution in [3.8, 4) is 0 Å². The number of hydrogen-bond donors (Lipinski definition) is 2. The molecule has 0 heterocycles. The molecule has 4 nitrogen and oxygen atoms in total. The molecule has 0 aromatic heterocycles. The van der Waals surface area contributed by atoms with Gasteiger partial charge in [-0.1, -0.05) is 30.7 Å². The van der Waals surface area contributed by atoms with Crippen LogP contribution in [-0.4, -0.2) is 30.3 Å². The summed E-state index contributed by atoms with van der Waals surface area (Å²) in [6.45, 7) is 8.07. The van der Waals surface area contributed by atoms with Crippen molar-refractivity contribution in [1.82, 2.24) is 5.32 Å². The Balaban J connectivity index is 2.99. The van der Waals surface area contributed by atoms with E-state index in [0.717, 1.165) is 23.1 Å². The van der Waals surface area contributed by atoms with E-state index < -0.39 is 6.10 Å². The first-order valence-electron chi connectivity index (χ1n) is 7.47. The molecule has 0 amide bonds. The summed E-state index contributed by atoms with van der Waals surface area (Å²) in [5.41, 5.74) is 2.98. The lowest BCUT2D eigenvalue weighted by atomic mass is 9.94. The summed E-state index contributed by atoms with van der Waals surface area (Å²) in [5, 5.41) is 14.0. The van der Waals surface area contributed by atoms with Crippen LogP contribution in [0.15, 0.2) is 18.2 Å². The van der Waals surface area contributed by atoms with Crippen molar-refractivity contribution >= 4 is 5.97 Å². The van der Waals surface area contributed by atoms with Crippen LogP contribution in [0.3, 0.4) is 0 Å². The van der Waals surface area contributed by atoms with Gasteiger partial charge in [-0.15, -0.1) is 0 Å². The number of aryl methyl sites for hydroxylation is 2. The first-order valence-corrected chi connectivity index (χ1v) is 7.47. The maximum Gasteiger partial charge on any atom is 0.307 e. The zero-order valence-electron chi connectivity index (χ0n) is 13.6. The van der Waals surface area contributed by atoms with Gasteiger partial charge in [0.25, 0.3) is 0 Å². The van der Waals surface area contributed by atoms with E-state index in [1.165, 1.54) is 7.11 Å². The minimum absolute atomic E-state index is 0.148. The fourth-order valence-electron chi connectivity index (χ4n) is 2.30. The summed E-state index contributed by atoms with van der Waals surface area (Å²) < 4.78 is 4.75. The zero-order chi connectivity index (χ0) is 16.0. The van der Waals surface area contributed by atoms with Crippen LogP contribution >= 0.6 is 0 Å². The van der Waals surface area contributed by atoms with Crippen LogP contribution < -0.4 is 5.32 Å². The van der Waals surface area contributed by atoms with Gasteiger partial charge in [0.1, 0.15) is 0 Å². The Labute approximate surface area is 127 Å². The van der Waals surface area contributed by atoms with Gasteiger partial charge < -0.3 is 15.2 Å². The van der Waals surface area contributed by atoms with Gasteiger partial charge in [0.15, 0.2) is 0 Å². The van der Waals surface area contributed by atoms with E-state index >= 15 is 0 Å². The quantitative estimate of drug-likeness (QED) is 0.759. The lowest BCUT2D eigenvalue weighted by molar-refractivity contribution is -0.142. The molecule has 0 saturated carbocycles.